The predicted molar refractivity (Wildman–Crippen MR) is 76.6 cm³/mol. The predicted octanol–water partition coefficient (Wildman–Crippen LogP) is 1.34. The second-order valence-electron chi connectivity index (χ2n) is 4.55. The third kappa shape index (κ3) is 3.76. The number of carbonyl (C=O) groups is 1. The lowest BCUT2D eigenvalue weighted by atomic mass is 9.92. The summed E-state index contributed by atoms with van der Waals surface area (Å²) in [4.78, 5) is 21.4. The summed E-state index contributed by atoms with van der Waals surface area (Å²) in [6.07, 6.45) is -1.32. The van der Waals surface area contributed by atoms with Crippen molar-refractivity contribution in [3.63, 3.8) is 0 Å². The van der Waals surface area contributed by atoms with E-state index in [1.54, 1.807) is 6.92 Å². The highest BCUT2D eigenvalue weighted by atomic mass is 16.6. The first-order chi connectivity index (χ1) is 10.3. The topological polar surface area (TPSA) is 131 Å². The lowest BCUT2D eigenvalue weighted by molar-refractivity contribution is -0.385. The van der Waals surface area contributed by atoms with Crippen molar-refractivity contribution in [1.82, 2.24) is 5.32 Å². The number of rotatable bonds is 7. The van der Waals surface area contributed by atoms with Crippen LogP contribution in [0, 0.1) is 10.1 Å². The molecule has 1 aromatic carbocycles. The Kier molecular flexibility index (Phi) is 5.93. The van der Waals surface area contributed by atoms with Gasteiger partial charge in [-0.15, -0.1) is 0 Å². The zero-order valence-corrected chi connectivity index (χ0v) is 12.4. The number of nitrogens with zero attached hydrogens (tertiary/aromatic N) is 1. The van der Waals surface area contributed by atoms with Gasteiger partial charge in [0.25, 0.3) is 5.69 Å². The van der Waals surface area contributed by atoms with Crippen molar-refractivity contribution in [3.8, 4) is 11.5 Å². The Bertz CT molecular complexity index is 562. The van der Waals surface area contributed by atoms with Crippen molar-refractivity contribution in [3.05, 3.63) is 27.8 Å². The lowest BCUT2D eigenvalue weighted by Crippen LogP contribution is -2.40. The number of ether oxygens (including phenoxy) is 2. The third-order valence-electron chi connectivity index (χ3n) is 3.33. The van der Waals surface area contributed by atoms with Gasteiger partial charge in [0.1, 0.15) is 0 Å². The van der Waals surface area contributed by atoms with Gasteiger partial charge in [0, 0.05) is 11.5 Å². The Balaban J connectivity index is 3.36. The molecule has 2 atom stereocenters. The highest BCUT2D eigenvalue weighted by Crippen LogP contribution is 2.38. The van der Waals surface area contributed by atoms with Crippen LogP contribution in [0.25, 0.3) is 0 Å². The van der Waals surface area contributed by atoms with Gasteiger partial charge in [-0.3, -0.25) is 10.1 Å². The number of benzene rings is 1. The number of aliphatic hydroxyl groups excluding tert-OH is 1. The average molecular weight is 314 g/mol. The highest BCUT2D eigenvalue weighted by molar-refractivity contribution is 5.65. The molecule has 0 saturated heterocycles. The second-order valence-corrected chi connectivity index (χ2v) is 4.55. The molecule has 1 amide bonds. The maximum absolute atomic E-state index is 11.2. The normalized spacial score (nSPS) is 13.1. The lowest BCUT2D eigenvalue weighted by Gasteiger charge is -2.23. The van der Waals surface area contributed by atoms with Crippen molar-refractivity contribution in [1.29, 1.82) is 0 Å². The van der Waals surface area contributed by atoms with E-state index in [0.717, 1.165) is 0 Å². The largest absolute Gasteiger partial charge is 0.493 e. The fourth-order valence-corrected chi connectivity index (χ4v) is 2.11. The van der Waals surface area contributed by atoms with E-state index in [9.17, 15) is 20.0 Å². The number of amides is 1. The molecule has 9 heteroatoms. The molecule has 0 aliphatic carbocycles. The summed E-state index contributed by atoms with van der Waals surface area (Å²) in [7, 11) is 2.74. The van der Waals surface area contributed by atoms with Gasteiger partial charge in [-0.2, -0.15) is 0 Å². The highest BCUT2D eigenvalue weighted by Gasteiger charge is 2.29. The third-order valence-corrected chi connectivity index (χ3v) is 3.33. The molecule has 0 aliphatic heterocycles. The van der Waals surface area contributed by atoms with Gasteiger partial charge in [0.2, 0.25) is 0 Å². The smallest absolute Gasteiger partial charge is 0.404 e. The summed E-state index contributed by atoms with van der Waals surface area (Å²) in [6, 6.07) is 1.72. The fraction of sp³-hybridized carbons (Fsp3) is 0.462. The summed E-state index contributed by atoms with van der Waals surface area (Å²) in [6.45, 7) is 1.07. The number of nitro benzene ring substituents is 1. The molecule has 122 valence electrons. The first kappa shape index (κ1) is 17.5. The van der Waals surface area contributed by atoms with Crippen LogP contribution in [0.1, 0.15) is 18.4 Å². The van der Waals surface area contributed by atoms with E-state index in [1.165, 1.54) is 26.4 Å². The molecule has 0 spiro atoms. The maximum atomic E-state index is 11.2. The van der Waals surface area contributed by atoms with E-state index in [4.69, 9.17) is 14.6 Å². The standard InChI is InChI=1S/C13H18N2O7/c1-7(9(6-16)14-13(17)18)8-4-11(21-2)12(22-3)5-10(8)15(19)20/h4-5,7,9,14,16H,6H2,1-3H3,(H,17,18). The molecule has 3 N–H and O–H groups in total. The van der Waals surface area contributed by atoms with Gasteiger partial charge in [0.15, 0.2) is 11.5 Å². The molecule has 0 heterocycles. The van der Waals surface area contributed by atoms with Crippen molar-refractivity contribution in [2.45, 2.75) is 18.9 Å². The number of hydrogen-bond acceptors (Lipinski definition) is 6. The van der Waals surface area contributed by atoms with E-state index in [0.29, 0.717) is 0 Å². The monoisotopic (exact) mass is 314 g/mol. The van der Waals surface area contributed by atoms with Crippen LogP contribution in [0.15, 0.2) is 12.1 Å². The summed E-state index contributed by atoms with van der Waals surface area (Å²) in [5, 5.41) is 31.5. The minimum atomic E-state index is -1.32. The van der Waals surface area contributed by atoms with Crippen LogP contribution in [-0.2, 0) is 0 Å². The zero-order valence-electron chi connectivity index (χ0n) is 12.4. The Morgan fingerprint density at radius 2 is 1.91 bits per heavy atom. The molecule has 1 aromatic rings. The molecule has 9 nitrogen and oxygen atoms in total. The quantitative estimate of drug-likeness (QED) is 0.511. The van der Waals surface area contributed by atoms with Crippen LogP contribution >= 0.6 is 0 Å². The molecule has 0 aromatic heterocycles. The van der Waals surface area contributed by atoms with Gasteiger partial charge in [-0.05, 0) is 6.07 Å². The Morgan fingerprint density at radius 3 is 2.32 bits per heavy atom. The molecule has 2 unspecified atom stereocenters. The molecule has 22 heavy (non-hydrogen) atoms. The fourth-order valence-electron chi connectivity index (χ4n) is 2.11. The molecule has 0 radical (unpaired) electrons. The number of nitro groups is 1. The van der Waals surface area contributed by atoms with E-state index in [-0.39, 0.29) is 22.7 Å². The van der Waals surface area contributed by atoms with Gasteiger partial charge in [-0.1, -0.05) is 6.92 Å². The molecule has 0 aliphatic rings. The summed E-state index contributed by atoms with van der Waals surface area (Å²) >= 11 is 0. The van der Waals surface area contributed by atoms with E-state index < -0.39 is 29.6 Å². The van der Waals surface area contributed by atoms with Crippen LogP contribution in [0.5, 0.6) is 11.5 Å². The van der Waals surface area contributed by atoms with Crippen LogP contribution < -0.4 is 14.8 Å². The number of aliphatic hydroxyl groups is 1. The molecular formula is C13H18N2O7. The first-order valence-electron chi connectivity index (χ1n) is 6.36. The van der Waals surface area contributed by atoms with E-state index in [2.05, 4.69) is 5.32 Å². The van der Waals surface area contributed by atoms with Crippen LogP contribution in [0.2, 0.25) is 0 Å². The summed E-state index contributed by atoms with van der Waals surface area (Å²) in [5.41, 5.74) is -0.00811. The number of hydrogen-bond donors (Lipinski definition) is 3. The minimum absolute atomic E-state index is 0.192. The number of carboxylic acid groups (broad SMARTS) is 1. The SMILES string of the molecule is COc1cc(C(C)C(CO)NC(=O)O)c([N+](=O)[O-])cc1OC. The number of nitrogens with one attached hydrogen (secondary N) is 1. The van der Waals surface area contributed by atoms with Gasteiger partial charge in [0.05, 0.1) is 37.9 Å². The van der Waals surface area contributed by atoms with Crippen LogP contribution in [-0.4, -0.2) is 48.1 Å². The van der Waals surface area contributed by atoms with E-state index in [1.807, 2.05) is 0 Å². The van der Waals surface area contributed by atoms with Gasteiger partial charge in [-0.25, -0.2) is 4.79 Å². The van der Waals surface area contributed by atoms with Crippen LogP contribution in [0.3, 0.4) is 0 Å². The molecule has 0 bridgehead atoms. The molecule has 0 saturated carbocycles. The van der Waals surface area contributed by atoms with Crippen molar-refractivity contribution in [2.75, 3.05) is 20.8 Å². The van der Waals surface area contributed by atoms with Crippen molar-refractivity contribution in [2.24, 2.45) is 0 Å². The van der Waals surface area contributed by atoms with Gasteiger partial charge < -0.3 is 25.0 Å². The average Bonchev–Trinajstić information content (AvgIpc) is 2.50. The zero-order chi connectivity index (χ0) is 16.9. The summed E-state index contributed by atoms with van der Waals surface area (Å²) < 4.78 is 10.1. The first-order valence-corrected chi connectivity index (χ1v) is 6.36. The second kappa shape index (κ2) is 7.46. The Morgan fingerprint density at radius 1 is 1.36 bits per heavy atom. The maximum Gasteiger partial charge on any atom is 0.404 e. The molecule has 0 fully saturated rings. The molecule has 1 rings (SSSR count). The molecular weight excluding hydrogens is 296 g/mol. The van der Waals surface area contributed by atoms with Crippen LogP contribution in [0.4, 0.5) is 10.5 Å². The Labute approximate surface area is 126 Å². The Hall–Kier alpha value is -2.55. The number of methoxy groups -OCH3 is 2. The van der Waals surface area contributed by atoms with E-state index >= 15 is 0 Å². The van der Waals surface area contributed by atoms with Gasteiger partial charge >= 0.3 is 6.09 Å². The van der Waals surface area contributed by atoms with Crippen molar-refractivity contribution < 1.29 is 29.4 Å². The van der Waals surface area contributed by atoms with Crippen molar-refractivity contribution >= 4 is 11.8 Å². The minimum Gasteiger partial charge on any atom is -0.493 e. The summed E-state index contributed by atoms with van der Waals surface area (Å²) in [5.74, 6) is -0.180.